The number of nitrogens with one attached hydrogen (secondary N) is 2. The molecule has 0 radical (unpaired) electrons. The van der Waals surface area contributed by atoms with Crippen molar-refractivity contribution in [3.05, 3.63) is 91.0 Å². The van der Waals surface area contributed by atoms with Gasteiger partial charge in [-0.3, -0.25) is 34.9 Å². The van der Waals surface area contributed by atoms with Gasteiger partial charge in [0.05, 0.1) is 20.8 Å². The first-order valence-electron chi connectivity index (χ1n) is 7.89. The van der Waals surface area contributed by atoms with Gasteiger partial charge in [0.25, 0.3) is 11.4 Å². The number of aromatic nitrogens is 3. The van der Waals surface area contributed by atoms with Crippen LogP contribution in [-0.2, 0) is 0 Å². The van der Waals surface area contributed by atoms with Crippen molar-refractivity contribution in [3.8, 4) is 0 Å². The average Bonchev–Trinajstić information content (AvgIpc) is 3.22. The summed E-state index contributed by atoms with van der Waals surface area (Å²) in [5, 5.41) is 40.4. The van der Waals surface area contributed by atoms with Crippen molar-refractivity contribution >= 4 is 22.7 Å². The monoisotopic (exact) mass is 400 g/mol. The van der Waals surface area contributed by atoms with Crippen LogP contribution in [0.3, 0.4) is 0 Å². The van der Waals surface area contributed by atoms with Crippen LogP contribution in [-0.4, -0.2) is 29.5 Å². The molecule has 1 atom stereocenters. The van der Waals surface area contributed by atoms with Crippen molar-refractivity contribution in [2.24, 2.45) is 0 Å². The zero-order valence-corrected chi connectivity index (χ0v) is 14.4. The largest absolute Gasteiger partial charge is 0.313 e. The second-order valence-corrected chi connectivity index (χ2v) is 5.65. The van der Waals surface area contributed by atoms with Gasteiger partial charge in [-0.05, 0) is 23.8 Å². The van der Waals surface area contributed by atoms with E-state index in [4.69, 9.17) is 0 Å². The highest BCUT2D eigenvalue weighted by molar-refractivity contribution is 5.64. The van der Waals surface area contributed by atoms with Crippen LogP contribution in [0.5, 0.6) is 0 Å². The number of anilines is 1. The highest BCUT2D eigenvalue weighted by atomic mass is 16.6. The van der Waals surface area contributed by atoms with Gasteiger partial charge in [-0.2, -0.15) is 0 Å². The molecule has 0 amide bonds. The van der Waals surface area contributed by atoms with Gasteiger partial charge in [0.1, 0.15) is 24.5 Å². The van der Waals surface area contributed by atoms with E-state index >= 15 is 0 Å². The molecular weight excluding hydrogens is 388 g/mol. The average molecular weight is 400 g/mol. The third kappa shape index (κ3) is 4.28. The molecule has 29 heavy (non-hydrogen) atoms. The Morgan fingerprint density at radius 3 is 1.97 bits per heavy atom. The molecule has 1 aromatic heterocycles. The number of non-ortho nitro benzene ring substituents is 2. The maximum Gasteiger partial charge on any atom is 0.300 e. The van der Waals surface area contributed by atoms with Gasteiger partial charge in [-0.25, -0.2) is 5.43 Å². The molecule has 0 bridgehead atoms. The summed E-state index contributed by atoms with van der Waals surface area (Å²) in [4.78, 5) is 30.9. The SMILES string of the molecule is O=[N+]([O-])c1ccc(C(NNc2ccc([N+](=O)[O-])cc2[N+](=O)[O-])n2cnnc2)cc1. The molecule has 0 saturated heterocycles. The Balaban J connectivity index is 1.89. The topological polar surface area (TPSA) is 184 Å². The highest BCUT2D eigenvalue weighted by Gasteiger charge is 2.21. The van der Waals surface area contributed by atoms with Gasteiger partial charge in [-0.1, -0.05) is 0 Å². The Morgan fingerprint density at radius 2 is 1.41 bits per heavy atom. The van der Waals surface area contributed by atoms with Crippen molar-refractivity contribution in [2.45, 2.75) is 6.17 Å². The van der Waals surface area contributed by atoms with Crippen molar-refractivity contribution < 1.29 is 14.8 Å². The minimum Gasteiger partial charge on any atom is -0.313 e. The van der Waals surface area contributed by atoms with Crippen molar-refractivity contribution in [2.75, 3.05) is 5.43 Å². The molecule has 3 rings (SSSR count). The van der Waals surface area contributed by atoms with Crippen LogP contribution in [0.4, 0.5) is 22.7 Å². The van der Waals surface area contributed by atoms with Crippen molar-refractivity contribution in [1.82, 2.24) is 20.2 Å². The molecule has 148 valence electrons. The number of rotatable bonds is 8. The summed E-state index contributed by atoms with van der Waals surface area (Å²) < 4.78 is 1.52. The number of nitro groups is 3. The zero-order valence-electron chi connectivity index (χ0n) is 14.4. The standard InChI is InChI=1S/C15H12N8O6/c24-21(25)11-3-1-10(2-4-11)15(20-8-16-17-9-20)19-18-13-6-5-12(22(26)27)7-14(13)23(28)29/h1-9,15,18-19H. The van der Waals surface area contributed by atoms with E-state index in [1.165, 1.54) is 47.6 Å². The molecule has 2 aromatic carbocycles. The Morgan fingerprint density at radius 1 is 0.828 bits per heavy atom. The Kier molecular flexibility index (Phi) is 5.36. The molecule has 0 saturated carbocycles. The fraction of sp³-hybridized carbons (Fsp3) is 0.0667. The number of hydrazine groups is 1. The Bertz CT molecular complexity index is 1050. The summed E-state index contributed by atoms with van der Waals surface area (Å²) in [6.45, 7) is 0. The molecule has 0 fully saturated rings. The van der Waals surface area contributed by atoms with Gasteiger partial charge in [-0.15, -0.1) is 10.2 Å². The quantitative estimate of drug-likeness (QED) is 0.419. The van der Waals surface area contributed by atoms with E-state index < -0.39 is 32.3 Å². The molecule has 2 N–H and O–H groups in total. The normalized spacial score (nSPS) is 11.6. The lowest BCUT2D eigenvalue weighted by atomic mass is 10.1. The van der Waals surface area contributed by atoms with E-state index in [0.29, 0.717) is 5.56 Å². The molecule has 0 aliphatic heterocycles. The maximum atomic E-state index is 11.3. The molecule has 0 aliphatic carbocycles. The smallest absolute Gasteiger partial charge is 0.300 e. The second-order valence-electron chi connectivity index (χ2n) is 5.65. The summed E-state index contributed by atoms with van der Waals surface area (Å²) in [6, 6.07) is 8.78. The molecule has 14 nitrogen and oxygen atoms in total. The van der Waals surface area contributed by atoms with E-state index in [0.717, 1.165) is 12.1 Å². The van der Waals surface area contributed by atoms with E-state index in [9.17, 15) is 30.3 Å². The molecule has 0 spiro atoms. The highest BCUT2D eigenvalue weighted by Crippen LogP contribution is 2.29. The summed E-state index contributed by atoms with van der Waals surface area (Å²) in [7, 11) is 0. The Labute approximate surface area is 161 Å². The summed E-state index contributed by atoms with van der Waals surface area (Å²) in [5.41, 5.74) is 5.02. The van der Waals surface area contributed by atoms with Gasteiger partial charge >= 0.3 is 5.69 Å². The number of nitrogens with zero attached hydrogens (tertiary/aromatic N) is 6. The van der Waals surface area contributed by atoms with E-state index in [-0.39, 0.29) is 11.4 Å². The molecule has 3 aromatic rings. The van der Waals surface area contributed by atoms with Crippen LogP contribution in [0.25, 0.3) is 0 Å². The fourth-order valence-corrected chi connectivity index (χ4v) is 2.49. The van der Waals surface area contributed by atoms with E-state index in [1.807, 2.05) is 0 Å². The lowest BCUT2D eigenvalue weighted by Gasteiger charge is -2.21. The van der Waals surface area contributed by atoms with Crippen molar-refractivity contribution in [3.63, 3.8) is 0 Å². The maximum absolute atomic E-state index is 11.3. The fourth-order valence-electron chi connectivity index (χ4n) is 2.49. The van der Waals surface area contributed by atoms with Crippen molar-refractivity contribution in [1.29, 1.82) is 0 Å². The van der Waals surface area contributed by atoms with Crippen LogP contribution >= 0.6 is 0 Å². The molecule has 14 heteroatoms. The van der Waals surface area contributed by atoms with Gasteiger partial charge < -0.3 is 5.43 Å². The zero-order chi connectivity index (χ0) is 21.0. The first-order chi connectivity index (χ1) is 13.9. The molecule has 0 aliphatic rings. The lowest BCUT2D eigenvalue weighted by Crippen LogP contribution is -2.32. The minimum atomic E-state index is -0.753. The number of nitro benzene ring substituents is 3. The summed E-state index contributed by atoms with van der Waals surface area (Å²) >= 11 is 0. The van der Waals surface area contributed by atoms with Gasteiger partial charge in [0.15, 0.2) is 0 Å². The third-order valence-corrected chi connectivity index (χ3v) is 3.89. The van der Waals surface area contributed by atoms with Crippen LogP contribution in [0.2, 0.25) is 0 Å². The first kappa shape index (κ1) is 19.3. The van der Waals surface area contributed by atoms with Crippen LogP contribution < -0.4 is 10.9 Å². The van der Waals surface area contributed by atoms with E-state index in [2.05, 4.69) is 21.0 Å². The molecule has 1 unspecified atom stereocenters. The number of hydrogen-bond donors (Lipinski definition) is 2. The van der Waals surface area contributed by atoms with Gasteiger partial charge in [0.2, 0.25) is 0 Å². The third-order valence-electron chi connectivity index (χ3n) is 3.89. The minimum absolute atomic E-state index is 0.0133. The number of hydrogen-bond acceptors (Lipinski definition) is 10. The molecule has 1 heterocycles. The number of benzene rings is 2. The van der Waals surface area contributed by atoms with Crippen LogP contribution in [0.1, 0.15) is 11.7 Å². The molecular formula is C15H12N8O6. The first-order valence-corrected chi connectivity index (χ1v) is 7.89. The second kappa shape index (κ2) is 8.05. The van der Waals surface area contributed by atoms with Gasteiger partial charge in [0, 0.05) is 18.2 Å². The summed E-state index contributed by atoms with van der Waals surface area (Å²) in [5.74, 6) is 0. The summed E-state index contributed by atoms with van der Waals surface area (Å²) in [6.07, 6.45) is 2.07. The Hall–Kier alpha value is -4.46. The predicted octanol–water partition coefficient (Wildman–Crippen LogP) is 2.17. The predicted molar refractivity (Wildman–Crippen MR) is 97.8 cm³/mol. The lowest BCUT2D eigenvalue weighted by molar-refractivity contribution is -0.393. The van der Waals surface area contributed by atoms with Crippen LogP contribution in [0.15, 0.2) is 55.1 Å². The van der Waals surface area contributed by atoms with Crippen LogP contribution in [0, 0.1) is 30.3 Å². The van der Waals surface area contributed by atoms with E-state index in [1.54, 1.807) is 0 Å².